The second kappa shape index (κ2) is 10.4. The van der Waals surface area contributed by atoms with E-state index in [9.17, 15) is 33.6 Å². The molecule has 1 spiro atoms. The zero-order valence-corrected chi connectivity index (χ0v) is 20.4. The molecule has 0 unspecified atom stereocenters. The van der Waals surface area contributed by atoms with Gasteiger partial charge in [-0.2, -0.15) is 0 Å². The van der Waals surface area contributed by atoms with E-state index >= 15 is 0 Å². The average molecular weight is 557 g/mol. The van der Waals surface area contributed by atoms with Gasteiger partial charge >= 0.3 is 0 Å². The van der Waals surface area contributed by atoms with Crippen LogP contribution in [0.1, 0.15) is 18.0 Å². The Balaban J connectivity index is 1.45. The molecule has 2 aliphatic rings. The van der Waals surface area contributed by atoms with Crippen LogP contribution in [-0.4, -0.2) is 78.8 Å². The second-order valence-corrected chi connectivity index (χ2v) is 9.55. The molecule has 6 atom stereocenters. The topological polar surface area (TPSA) is 142 Å². The average Bonchev–Trinajstić information content (AvgIpc) is 3.54. The van der Waals surface area contributed by atoms with Crippen LogP contribution >= 0.6 is 11.6 Å². The highest BCUT2D eigenvalue weighted by Crippen LogP contribution is 2.43. The highest BCUT2D eigenvalue weighted by Gasteiger charge is 2.61. The van der Waals surface area contributed by atoms with Gasteiger partial charge < -0.3 is 35.2 Å². The van der Waals surface area contributed by atoms with Crippen molar-refractivity contribution in [3.05, 3.63) is 64.6 Å². The molecule has 204 valence electrons. The van der Waals surface area contributed by atoms with Gasteiger partial charge in [0.1, 0.15) is 35.8 Å². The molecule has 2 aromatic carbocycles. The number of aromatic hydroxyl groups is 1. The van der Waals surface area contributed by atoms with Gasteiger partial charge in [0.15, 0.2) is 17.5 Å². The Labute approximate surface area is 219 Å². The molecular weight excluding hydrogens is 533 g/mol. The molecular formula is C24H24ClF3N4O6. The third-order valence-corrected chi connectivity index (χ3v) is 7.21. The maximum absolute atomic E-state index is 13.8. The summed E-state index contributed by atoms with van der Waals surface area (Å²) in [6, 6.07) is 4.42. The van der Waals surface area contributed by atoms with E-state index in [4.69, 9.17) is 21.1 Å². The molecule has 3 aromatic rings. The molecule has 1 aromatic heterocycles. The maximum Gasteiger partial charge on any atom is 0.213 e. The van der Waals surface area contributed by atoms with Crippen LogP contribution in [0.15, 0.2) is 36.5 Å². The number of benzene rings is 2. The van der Waals surface area contributed by atoms with Crippen LogP contribution in [0.2, 0.25) is 5.02 Å². The standard InChI is InChI=1S/C24H24ClF3N4O6/c25-13-3-1-2-11(21(13)34)8-29-18-4-5-37-24(18)23(36)20(22(35)17(10-33)38-24)32-9-16(30-31-32)12-6-14(26)19(28)15(27)7-12/h1-3,6-7,9,17-18,20,22-23,29,33-36H,4-5,8,10H2/t17-,18-,20+,22+,23-,24+/m1/s1. The lowest BCUT2D eigenvalue weighted by Gasteiger charge is -2.49. The molecule has 0 radical (unpaired) electrons. The number of hydrogen-bond acceptors (Lipinski definition) is 9. The van der Waals surface area contributed by atoms with Gasteiger partial charge in [-0.1, -0.05) is 28.9 Å². The van der Waals surface area contributed by atoms with Gasteiger partial charge in [-0.3, -0.25) is 0 Å². The number of para-hydroxylation sites is 1. The molecule has 2 saturated heterocycles. The van der Waals surface area contributed by atoms with Crippen molar-refractivity contribution < 1.29 is 43.1 Å². The van der Waals surface area contributed by atoms with E-state index < -0.39 is 60.2 Å². The normalized spacial score (nSPS) is 29.3. The molecule has 14 heteroatoms. The Morgan fingerprint density at radius 1 is 1.18 bits per heavy atom. The van der Waals surface area contributed by atoms with Gasteiger partial charge in [0.05, 0.1) is 30.5 Å². The van der Waals surface area contributed by atoms with Gasteiger partial charge in [-0.05, 0) is 24.6 Å². The predicted octanol–water partition coefficient (Wildman–Crippen LogP) is 1.65. The first-order valence-corrected chi connectivity index (χ1v) is 12.1. The minimum absolute atomic E-state index is 0.0539. The minimum atomic E-state index is -1.74. The summed E-state index contributed by atoms with van der Waals surface area (Å²) in [6.45, 7) is -0.342. The molecule has 38 heavy (non-hydrogen) atoms. The smallest absolute Gasteiger partial charge is 0.213 e. The van der Waals surface area contributed by atoms with Crippen molar-refractivity contribution in [2.75, 3.05) is 13.2 Å². The zero-order chi connectivity index (χ0) is 27.2. The molecule has 0 amide bonds. The van der Waals surface area contributed by atoms with Crippen molar-refractivity contribution >= 4 is 11.6 Å². The Bertz CT molecular complexity index is 1310. The van der Waals surface area contributed by atoms with Gasteiger partial charge in [-0.25, -0.2) is 17.9 Å². The van der Waals surface area contributed by atoms with Crippen LogP contribution in [0.4, 0.5) is 13.2 Å². The molecule has 5 N–H and O–H groups in total. The van der Waals surface area contributed by atoms with E-state index in [1.54, 1.807) is 12.1 Å². The predicted molar refractivity (Wildman–Crippen MR) is 125 cm³/mol. The Hall–Kier alpha value is -2.78. The van der Waals surface area contributed by atoms with Crippen molar-refractivity contribution in [2.45, 2.75) is 49.1 Å². The SMILES string of the molecule is OC[C@H]1O[C@]2(OCC[C@H]2NCc2cccc(Cl)c2O)[C@H](O)[C@@H](n2cc(-c3cc(F)c(F)c(F)c3)nn2)[C@H]1O. The van der Waals surface area contributed by atoms with E-state index in [1.807, 2.05) is 0 Å². The summed E-state index contributed by atoms with van der Waals surface area (Å²) in [5.74, 6) is -6.32. The lowest BCUT2D eigenvalue weighted by molar-refractivity contribution is -0.345. The maximum atomic E-state index is 13.8. The van der Waals surface area contributed by atoms with Gasteiger partial charge in [-0.15, -0.1) is 5.10 Å². The summed E-state index contributed by atoms with van der Waals surface area (Å²) in [5, 5.41) is 53.7. The Morgan fingerprint density at radius 2 is 1.92 bits per heavy atom. The van der Waals surface area contributed by atoms with Crippen LogP contribution in [-0.2, 0) is 16.0 Å². The quantitative estimate of drug-likeness (QED) is 0.286. The number of nitrogens with zero attached hydrogens (tertiary/aromatic N) is 3. The van der Waals surface area contributed by atoms with Crippen molar-refractivity contribution in [3.63, 3.8) is 0 Å². The van der Waals surface area contributed by atoms with E-state index in [0.29, 0.717) is 12.0 Å². The number of nitrogens with one attached hydrogen (secondary N) is 1. The number of aliphatic hydroxyl groups is 3. The number of ether oxygens (including phenoxy) is 2. The summed E-state index contributed by atoms with van der Waals surface area (Å²) in [6.07, 6.45) is -2.67. The molecule has 2 aliphatic heterocycles. The number of hydrogen-bond donors (Lipinski definition) is 5. The van der Waals surface area contributed by atoms with Crippen molar-refractivity contribution in [1.29, 1.82) is 0 Å². The van der Waals surface area contributed by atoms with Crippen LogP contribution in [0.3, 0.4) is 0 Å². The van der Waals surface area contributed by atoms with Crippen LogP contribution in [0, 0.1) is 17.5 Å². The van der Waals surface area contributed by atoms with Gasteiger partial charge in [0.25, 0.3) is 0 Å². The number of rotatable bonds is 6. The zero-order valence-electron chi connectivity index (χ0n) is 19.6. The lowest BCUT2D eigenvalue weighted by Crippen LogP contribution is -2.68. The largest absolute Gasteiger partial charge is 0.506 e. The van der Waals surface area contributed by atoms with E-state index in [2.05, 4.69) is 15.6 Å². The first kappa shape index (κ1) is 26.8. The Kier molecular flexibility index (Phi) is 7.35. The lowest BCUT2D eigenvalue weighted by atomic mass is 9.86. The van der Waals surface area contributed by atoms with Crippen LogP contribution in [0.5, 0.6) is 5.75 Å². The fourth-order valence-electron chi connectivity index (χ4n) is 4.95. The van der Waals surface area contributed by atoms with Crippen LogP contribution < -0.4 is 5.32 Å². The summed E-state index contributed by atoms with van der Waals surface area (Å²) in [5.41, 5.74) is 0.316. The molecule has 0 saturated carbocycles. The fourth-order valence-corrected chi connectivity index (χ4v) is 5.15. The molecule has 0 bridgehead atoms. The highest BCUT2D eigenvalue weighted by atomic mass is 35.5. The number of phenols is 1. The highest BCUT2D eigenvalue weighted by molar-refractivity contribution is 6.32. The third-order valence-electron chi connectivity index (χ3n) is 6.91. The van der Waals surface area contributed by atoms with E-state index in [0.717, 1.165) is 16.8 Å². The second-order valence-electron chi connectivity index (χ2n) is 9.14. The van der Waals surface area contributed by atoms with Crippen molar-refractivity contribution in [2.24, 2.45) is 0 Å². The Morgan fingerprint density at radius 3 is 2.63 bits per heavy atom. The van der Waals surface area contributed by atoms with Crippen molar-refractivity contribution in [1.82, 2.24) is 20.3 Å². The molecule has 3 heterocycles. The minimum Gasteiger partial charge on any atom is -0.506 e. The summed E-state index contributed by atoms with van der Waals surface area (Å²) in [7, 11) is 0. The first-order valence-electron chi connectivity index (χ1n) is 11.7. The van der Waals surface area contributed by atoms with Crippen molar-refractivity contribution in [3.8, 4) is 17.0 Å². The van der Waals surface area contributed by atoms with Crippen LogP contribution in [0.25, 0.3) is 11.3 Å². The van der Waals surface area contributed by atoms with E-state index in [1.165, 1.54) is 12.3 Å². The fraction of sp³-hybridized carbons (Fsp3) is 0.417. The van der Waals surface area contributed by atoms with Gasteiger partial charge in [0, 0.05) is 17.7 Å². The number of aliphatic hydroxyl groups excluding tert-OH is 3. The molecule has 5 rings (SSSR count). The van der Waals surface area contributed by atoms with E-state index in [-0.39, 0.29) is 35.2 Å². The number of aromatic nitrogens is 3. The molecule has 0 aliphatic carbocycles. The number of phenolic OH excluding ortho intramolecular Hbond substituents is 1. The molecule has 10 nitrogen and oxygen atoms in total. The monoisotopic (exact) mass is 556 g/mol. The first-order chi connectivity index (χ1) is 18.2. The number of halogens is 4. The molecule has 2 fully saturated rings. The summed E-state index contributed by atoms with van der Waals surface area (Å²) in [4.78, 5) is 0. The third kappa shape index (κ3) is 4.53. The van der Waals surface area contributed by atoms with Gasteiger partial charge in [0.2, 0.25) is 5.79 Å². The summed E-state index contributed by atoms with van der Waals surface area (Å²) >= 11 is 5.99. The summed E-state index contributed by atoms with van der Waals surface area (Å²) < 4.78 is 53.8.